The number of nitrogens with zero attached hydrogens (tertiary/aromatic N) is 5. The van der Waals surface area contributed by atoms with Crippen LogP contribution in [0.5, 0.6) is 0 Å². The van der Waals surface area contributed by atoms with E-state index in [1.165, 1.54) is 20.8 Å². The molecule has 1 aliphatic heterocycles. The maximum absolute atomic E-state index is 15.5. The number of hydrogen-bond donors (Lipinski definition) is 0. The van der Waals surface area contributed by atoms with Crippen molar-refractivity contribution in [1.29, 1.82) is 0 Å². The van der Waals surface area contributed by atoms with Gasteiger partial charge in [-0.2, -0.15) is 25.8 Å². The van der Waals surface area contributed by atoms with Gasteiger partial charge in [-0.05, 0) is 19.3 Å². The second-order valence-corrected chi connectivity index (χ2v) is 16.0. The predicted octanol–water partition coefficient (Wildman–Crippen LogP) is 10.5. The summed E-state index contributed by atoms with van der Waals surface area (Å²) in [7, 11) is -27.7. The number of carbonyl (C=O) groups excluding carboxylic acids is 1. The van der Waals surface area contributed by atoms with Gasteiger partial charge in [-0.3, -0.25) is 0 Å². The van der Waals surface area contributed by atoms with Gasteiger partial charge in [0, 0.05) is 12.6 Å². The summed E-state index contributed by atoms with van der Waals surface area (Å²) in [6.45, 7) is 3.22. The molecule has 20 heteroatoms. The van der Waals surface area contributed by atoms with E-state index in [1.807, 2.05) is 0 Å². The minimum atomic E-state index is -6.22. The van der Waals surface area contributed by atoms with Crippen LogP contribution in [-0.2, 0) is 18.4 Å². The molecule has 4 unspecified atom stereocenters. The van der Waals surface area contributed by atoms with Crippen LogP contribution in [-0.4, -0.2) is 32.3 Å². The lowest BCUT2D eigenvalue weighted by Gasteiger charge is -2.21. The van der Waals surface area contributed by atoms with E-state index in [-0.39, 0.29) is 25.5 Å². The van der Waals surface area contributed by atoms with Crippen LogP contribution in [0.3, 0.4) is 0 Å². The third-order valence-electron chi connectivity index (χ3n) is 3.06. The fourth-order valence-corrected chi connectivity index (χ4v) is 13.8. The lowest BCUT2D eigenvalue weighted by Crippen LogP contribution is -1.93. The summed E-state index contributed by atoms with van der Waals surface area (Å²) in [5, 5.41) is 0. The van der Waals surface area contributed by atoms with Crippen LogP contribution in [0.1, 0.15) is 46.5 Å². The molecule has 1 heterocycles. The summed E-state index contributed by atoms with van der Waals surface area (Å²) < 4.78 is 119. The van der Waals surface area contributed by atoms with Gasteiger partial charge in [0.25, 0.3) is 7.52 Å². The maximum atomic E-state index is 15.5. The Labute approximate surface area is 183 Å². The molecule has 0 aromatic carbocycles. The molecule has 0 spiro atoms. The first-order chi connectivity index (χ1) is 14.8. The molecular formula is C12H26F6N5O4P5. The van der Waals surface area contributed by atoms with Crippen molar-refractivity contribution >= 4 is 44.9 Å². The van der Waals surface area contributed by atoms with Gasteiger partial charge in [0.2, 0.25) is 0 Å². The monoisotopic (exact) mass is 573 g/mol. The van der Waals surface area contributed by atoms with Crippen LogP contribution < -0.4 is 0 Å². The molecule has 0 aliphatic carbocycles. The van der Waals surface area contributed by atoms with Crippen molar-refractivity contribution in [3.8, 4) is 0 Å². The van der Waals surface area contributed by atoms with Crippen LogP contribution in [0.4, 0.5) is 25.2 Å². The van der Waals surface area contributed by atoms with E-state index in [9.17, 15) is 13.2 Å². The largest absolute Gasteiger partial charge is 0.423 e. The SMILES string of the molecule is CCCOP1(F)=NP(F)(CCC=O)=NP(F)(F)=NP(F)(OCCC)=NP(F)(OCCC)=N1. The lowest BCUT2D eigenvalue weighted by atomic mass is 10.5. The van der Waals surface area contributed by atoms with Crippen LogP contribution >= 0.6 is 38.6 Å². The molecule has 1 aliphatic rings. The van der Waals surface area contributed by atoms with Gasteiger partial charge < -0.3 is 18.4 Å². The molecule has 32 heavy (non-hydrogen) atoms. The van der Waals surface area contributed by atoms with Gasteiger partial charge in [-0.15, -0.1) is 21.9 Å². The van der Waals surface area contributed by atoms with E-state index in [2.05, 4.69) is 27.1 Å². The Bertz CT molecular complexity index is 941. The van der Waals surface area contributed by atoms with E-state index in [0.29, 0.717) is 0 Å². The molecule has 0 bridgehead atoms. The quantitative estimate of drug-likeness (QED) is 0.132. The zero-order valence-corrected chi connectivity index (χ0v) is 22.1. The summed E-state index contributed by atoms with van der Waals surface area (Å²) in [6.07, 6.45) is -1.07. The third-order valence-corrected chi connectivity index (χ3v) is 14.6. The fraction of sp³-hybridized carbons (Fsp3) is 0.917. The van der Waals surface area contributed by atoms with Crippen molar-refractivity contribution in [1.82, 2.24) is 0 Å². The molecule has 0 N–H and O–H groups in total. The summed E-state index contributed by atoms with van der Waals surface area (Å²) >= 11 is 0. The summed E-state index contributed by atoms with van der Waals surface area (Å²) in [4.78, 5) is 10.7. The van der Waals surface area contributed by atoms with Crippen molar-refractivity contribution in [2.45, 2.75) is 46.5 Å². The van der Waals surface area contributed by atoms with E-state index in [1.54, 1.807) is 0 Å². The van der Waals surface area contributed by atoms with Crippen molar-refractivity contribution < 1.29 is 43.5 Å². The van der Waals surface area contributed by atoms with E-state index >= 15 is 16.8 Å². The normalized spacial score (nSPS) is 34.8. The van der Waals surface area contributed by atoms with Crippen molar-refractivity contribution in [3.05, 3.63) is 0 Å². The predicted molar refractivity (Wildman–Crippen MR) is 118 cm³/mol. The minimum Gasteiger partial charge on any atom is -0.303 e. The van der Waals surface area contributed by atoms with Gasteiger partial charge in [-0.1, -0.05) is 20.8 Å². The summed E-state index contributed by atoms with van der Waals surface area (Å²) in [5.41, 5.74) is 0. The molecule has 0 aromatic heterocycles. The van der Waals surface area contributed by atoms with Gasteiger partial charge in [0.1, 0.15) is 6.29 Å². The van der Waals surface area contributed by atoms with Crippen molar-refractivity contribution in [3.63, 3.8) is 0 Å². The first-order valence-corrected chi connectivity index (χ1v) is 17.3. The van der Waals surface area contributed by atoms with Crippen LogP contribution in [0.25, 0.3) is 0 Å². The lowest BCUT2D eigenvalue weighted by molar-refractivity contribution is -0.107. The van der Waals surface area contributed by atoms with Gasteiger partial charge in [0.05, 0.1) is 19.8 Å². The molecule has 1 rings (SSSR count). The molecule has 0 amide bonds. The Hall–Kier alpha value is 0.280. The van der Waals surface area contributed by atoms with Gasteiger partial charge >= 0.3 is 31.1 Å². The zero-order chi connectivity index (χ0) is 24.5. The first kappa shape index (κ1) is 30.3. The standard InChI is InChI=1S/C12H26F6N5O4P5/c1-4-9-25-30(16)20-28(13,12-7-8-24)19-29(14,15)21-31(17,26-10-5-2)23-32(18,22-30)27-11-6-3/h8H,4-7,9-12H2,1-3H3. The summed E-state index contributed by atoms with van der Waals surface area (Å²) in [6, 6.07) is 0. The Morgan fingerprint density at radius 3 is 1.47 bits per heavy atom. The van der Waals surface area contributed by atoms with Crippen molar-refractivity contribution in [2.24, 2.45) is 22.6 Å². The molecule has 0 saturated carbocycles. The average Bonchev–Trinajstić information content (AvgIpc) is 2.65. The van der Waals surface area contributed by atoms with E-state index in [0.717, 1.165) is 0 Å². The maximum Gasteiger partial charge on any atom is 0.423 e. The highest BCUT2D eigenvalue weighted by Crippen LogP contribution is 2.82. The minimum absolute atomic E-state index is 0.122. The Balaban J connectivity index is 4.08. The molecule has 4 atom stereocenters. The molecule has 0 saturated heterocycles. The smallest absolute Gasteiger partial charge is 0.303 e. The highest BCUT2D eigenvalue weighted by Gasteiger charge is 2.40. The van der Waals surface area contributed by atoms with Gasteiger partial charge in [0.15, 0.2) is 0 Å². The third kappa shape index (κ3) is 10.3. The van der Waals surface area contributed by atoms with Gasteiger partial charge in [-0.25, -0.2) is 0 Å². The highest BCUT2D eigenvalue weighted by atomic mass is 31.3. The molecule has 190 valence electrons. The Kier molecular flexibility index (Phi) is 12.2. The number of halogens is 6. The Morgan fingerprint density at radius 2 is 1.06 bits per heavy atom. The second-order valence-electron chi connectivity index (χ2n) is 6.14. The Morgan fingerprint density at radius 1 is 0.656 bits per heavy atom. The number of rotatable bonds is 12. The average molecular weight is 573 g/mol. The van der Waals surface area contributed by atoms with Crippen LogP contribution in [0, 0.1) is 0 Å². The zero-order valence-electron chi connectivity index (χ0n) is 17.6. The number of carbonyl (C=O) groups is 1. The summed E-state index contributed by atoms with van der Waals surface area (Å²) in [5.74, 6) is 0. The van der Waals surface area contributed by atoms with E-state index < -0.39 is 71.0 Å². The van der Waals surface area contributed by atoms with Crippen LogP contribution in [0.2, 0.25) is 0 Å². The molecular weight excluding hydrogens is 547 g/mol. The van der Waals surface area contributed by atoms with Crippen molar-refractivity contribution in [2.75, 3.05) is 26.0 Å². The van der Waals surface area contributed by atoms with E-state index in [4.69, 9.17) is 9.05 Å². The number of aldehydes is 1. The highest BCUT2D eigenvalue weighted by molar-refractivity contribution is 7.79. The topological polar surface area (TPSA) is 107 Å². The molecule has 0 radical (unpaired) electrons. The molecule has 0 aromatic rings. The first-order valence-electron chi connectivity index (χ1n) is 9.51. The molecule has 0 fully saturated rings. The van der Waals surface area contributed by atoms with Crippen LogP contribution in [0.15, 0.2) is 22.6 Å². The molecule has 9 nitrogen and oxygen atoms in total. The fourth-order valence-electron chi connectivity index (χ4n) is 1.91. The number of hydrogen-bond acceptors (Lipinski definition) is 9. The second kappa shape index (κ2) is 12.8.